The molecule has 1 aromatic carbocycles. The third kappa shape index (κ3) is 3.61. The van der Waals surface area contributed by atoms with Crippen LogP contribution in [0.2, 0.25) is 0 Å². The lowest BCUT2D eigenvalue weighted by atomic mass is 10.2. The topological polar surface area (TPSA) is 61.8 Å². The van der Waals surface area contributed by atoms with E-state index in [1.807, 2.05) is 0 Å². The number of benzene rings is 1. The molecule has 0 bridgehead atoms. The zero-order valence-corrected chi connectivity index (χ0v) is 8.93. The fourth-order valence-corrected chi connectivity index (χ4v) is 0.949. The Hall–Kier alpha value is -2.04. The van der Waals surface area contributed by atoms with Crippen LogP contribution in [0.25, 0.3) is 0 Å². The predicted molar refractivity (Wildman–Crippen MR) is 53.6 cm³/mol. The minimum absolute atomic E-state index is 0.360. The first kappa shape index (κ1) is 12.0. The first-order chi connectivity index (χ1) is 7.63. The summed E-state index contributed by atoms with van der Waals surface area (Å²) >= 11 is 0. The van der Waals surface area contributed by atoms with Crippen LogP contribution in [0.3, 0.4) is 0 Å². The predicted octanol–water partition coefficient (Wildman–Crippen LogP) is 1.77. The number of hydrogen-bond donors (Lipinski definition) is 0. The molecule has 0 saturated carbocycles. The van der Waals surface area contributed by atoms with E-state index in [0.717, 1.165) is 0 Å². The molecule has 1 atom stereocenters. The van der Waals surface area contributed by atoms with Gasteiger partial charge < -0.3 is 14.2 Å². The number of methoxy groups -OCH3 is 1. The molecule has 1 aromatic rings. The van der Waals surface area contributed by atoms with Gasteiger partial charge in [-0.3, -0.25) is 0 Å². The smallest absolute Gasteiger partial charge is 0.438 e. The molecule has 0 aliphatic carbocycles. The van der Waals surface area contributed by atoms with Crippen LogP contribution in [0.5, 0.6) is 0 Å². The van der Waals surface area contributed by atoms with Crippen molar-refractivity contribution in [2.75, 3.05) is 7.11 Å². The summed E-state index contributed by atoms with van der Waals surface area (Å²) in [6.45, 7) is 1.42. The van der Waals surface area contributed by atoms with Crippen LogP contribution < -0.4 is 0 Å². The lowest BCUT2D eigenvalue weighted by molar-refractivity contribution is -0.0781. The minimum Gasteiger partial charge on any atom is -0.438 e. The van der Waals surface area contributed by atoms with Gasteiger partial charge in [0.25, 0.3) is 0 Å². The number of ether oxygens (including phenoxy) is 3. The third-order valence-electron chi connectivity index (χ3n) is 1.66. The highest BCUT2D eigenvalue weighted by Crippen LogP contribution is 2.04. The number of carbonyl (C=O) groups excluding carboxylic acids is 2. The van der Waals surface area contributed by atoms with Crippen molar-refractivity contribution in [1.82, 2.24) is 0 Å². The monoisotopic (exact) mass is 223 g/mol. The fourth-order valence-electron chi connectivity index (χ4n) is 0.949. The Labute approximate surface area is 92.9 Å². The van der Waals surface area contributed by atoms with Crippen LogP contribution in [-0.4, -0.2) is 25.5 Å². The van der Waals surface area contributed by atoms with Crippen LogP contribution in [0.15, 0.2) is 24.3 Å². The Morgan fingerprint density at radius 3 is 2.44 bits per heavy atom. The molecule has 0 aromatic heterocycles. The summed E-state index contributed by atoms with van der Waals surface area (Å²) in [5.74, 6) is -0.578. The molecule has 85 valence electrons. The van der Waals surface area contributed by atoms with Crippen molar-refractivity contribution in [3.63, 3.8) is 0 Å². The maximum Gasteiger partial charge on any atom is 0.511 e. The highest BCUT2D eigenvalue weighted by Gasteiger charge is 2.15. The zero-order chi connectivity index (χ0) is 12.0. The molecular formula is C11H11O5. The number of hydrogen-bond acceptors (Lipinski definition) is 5. The molecule has 5 nitrogen and oxygen atoms in total. The van der Waals surface area contributed by atoms with Crippen LogP contribution >= 0.6 is 0 Å². The zero-order valence-electron chi connectivity index (χ0n) is 8.93. The average Bonchev–Trinajstić information content (AvgIpc) is 2.29. The van der Waals surface area contributed by atoms with Gasteiger partial charge in [0.1, 0.15) is 0 Å². The Balaban J connectivity index is 2.49. The van der Waals surface area contributed by atoms with E-state index in [1.165, 1.54) is 14.0 Å². The molecule has 0 aliphatic rings. The second-order valence-corrected chi connectivity index (χ2v) is 2.83. The second-order valence-electron chi connectivity index (χ2n) is 2.83. The summed E-state index contributed by atoms with van der Waals surface area (Å²) in [5, 5.41) is 0. The Bertz CT molecular complexity index is 360. The van der Waals surface area contributed by atoms with E-state index in [-0.39, 0.29) is 0 Å². The molecule has 1 unspecified atom stereocenters. The van der Waals surface area contributed by atoms with Gasteiger partial charge in [0.05, 0.1) is 12.7 Å². The second kappa shape index (κ2) is 5.75. The standard InChI is InChI=1S/C11H11O5/c1-8(16-11(13)14-2)15-10(12)9-6-4-3-5-7-9/h4-8H,1-2H3. The molecule has 0 spiro atoms. The highest BCUT2D eigenvalue weighted by atomic mass is 16.8. The lowest BCUT2D eigenvalue weighted by Crippen LogP contribution is -2.21. The van der Waals surface area contributed by atoms with Crippen molar-refractivity contribution >= 4 is 12.1 Å². The van der Waals surface area contributed by atoms with Gasteiger partial charge in [0.2, 0.25) is 6.29 Å². The van der Waals surface area contributed by atoms with Crippen molar-refractivity contribution < 1.29 is 23.8 Å². The van der Waals surface area contributed by atoms with Crippen molar-refractivity contribution in [2.24, 2.45) is 0 Å². The fraction of sp³-hybridized carbons (Fsp3) is 0.273. The van der Waals surface area contributed by atoms with E-state index >= 15 is 0 Å². The molecule has 0 saturated heterocycles. The summed E-state index contributed by atoms with van der Waals surface area (Å²) in [5.41, 5.74) is 0.360. The van der Waals surface area contributed by atoms with E-state index in [4.69, 9.17) is 4.74 Å². The Kier molecular flexibility index (Phi) is 4.32. The number of esters is 1. The normalized spacial score (nSPS) is 11.4. The van der Waals surface area contributed by atoms with Crippen molar-refractivity contribution in [3.05, 3.63) is 35.9 Å². The Morgan fingerprint density at radius 2 is 1.88 bits per heavy atom. The molecule has 0 amide bonds. The first-order valence-electron chi connectivity index (χ1n) is 4.55. The first-order valence-corrected chi connectivity index (χ1v) is 4.55. The van der Waals surface area contributed by atoms with E-state index in [0.29, 0.717) is 5.56 Å². The third-order valence-corrected chi connectivity index (χ3v) is 1.66. The quantitative estimate of drug-likeness (QED) is 0.577. The summed E-state index contributed by atoms with van der Waals surface area (Å²) in [4.78, 5) is 22.2. The van der Waals surface area contributed by atoms with E-state index in [1.54, 1.807) is 24.3 Å². The van der Waals surface area contributed by atoms with Crippen LogP contribution in [-0.2, 0) is 14.2 Å². The van der Waals surface area contributed by atoms with Gasteiger partial charge in [0, 0.05) is 6.92 Å². The molecule has 5 heteroatoms. The largest absolute Gasteiger partial charge is 0.511 e. The lowest BCUT2D eigenvalue weighted by Gasteiger charge is -2.12. The molecule has 0 aliphatic heterocycles. The van der Waals surface area contributed by atoms with Crippen LogP contribution in [0.1, 0.15) is 17.3 Å². The van der Waals surface area contributed by atoms with E-state index in [2.05, 4.69) is 15.5 Å². The maximum atomic E-state index is 11.5. The van der Waals surface area contributed by atoms with Gasteiger partial charge in [0.15, 0.2) is 0 Å². The van der Waals surface area contributed by atoms with E-state index in [9.17, 15) is 9.59 Å². The molecule has 0 fully saturated rings. The summed E-state index contributed by atoms with van der Waals surface area (Å²) in [6.07, 6.45) is -1.90. The van der Waals surface area contributed by atoms with Gasteiger partial charge in [-0.2, -0.15) is 0 Å². The van der Waals surface area contributed by atoms with E-state index < -0.39 is 18.4 Å². The molecule has 1 rings (SSSR count). The molecule has 16 heavy (non-hydrogen) atoms. The summed E-state index contributed by atoms with van der Waals surface area (Å²) < 4.78 is 13.7. The van der Waals surface area contributed by atoms with Crippen LogP contribution in [0, 0.1) is 6.07 Å². The van der Waals surface area contributed by atoms with Crippen LogP contribution in [0.4, 0.5) is 4.79 Å². The molecule has 1 radical (unpaired) electrons. The van der Waals surface area contributed by atoms with Gasteiger partial charge in [-0.1, -0.05) is 12.1 Å². The molecular weight excluding hydrogens is 212 g/mol. The highest BCUT2D eigenvalue weighted by molar-refractivity contribution is 5.89. The van der Waals surface area contributed by atoms with Gasteiger partial charge in [-0.15, -0.1) is 0 Å². The molecule has 0 heterocycles. The molecule has 0 N–H and O–H groups in total. The SMILES string of the molecule is COC(=O)OC(C)OC(=O)c1cc[c]cc1. The number of carbonyl (C=O) groups is 2. The van der Waals surface area contributed by atoms with Crippen molar-refractivity contribution in [3.8, 4) is 0 Å². The minimum atomic E-state index is -0.996. The van der Waals surface area contributed by atoms with Gasteiger partial charge >= 0.3 is 12.1 Å². The summed E-state index contributed by atoms with van der Waals surface area (Å²) in [6, 6.07) is 9.04. The average molecular weight is 223 g/mol. The Morgan fingerprint density at radius 1 is 1.25 bits per heavy atom. The maximum absolute atomic E-state index is 11.5. The van der Waals surface area contributed by atoms with Crippen molar-refractivity contribution in [2.45, 2.75) is 13.2 Å². The van der Waals surface area contributed by atoms with Crippen molar-refractivity contribution in [1.29, 1.82) is 0 Å². The summed E-state index contributed by atoms with van der Waals surface area (Å²) in [7, 11) is 1.17. The number of rotatable bonds is 3. The van der Waals surface area contributed by atoms with Gasteiger partial charge in [-0.05, 0) is 18.2 Å². The van der Waals surface area contributed by atoms with Gasteiger partial charge in [-0.25, -0.2) is 9.59 Å².